The second kappa shape index (κ2) is 14.0. The van der Waals surface area contributed by atoms with Gasteiger partial charge in [-0.05, 0) is 61.9 Å². The first-order valence-corrected chi connectivity index (χ1v) is 17.0. The molecule has 0 atom stereocenters. The molecular formula is C30H40N4O7S2. The monoisotopic (exact) mass is 632 g/mol. The topological polar surface area (TPSA) is 133 Å². The number of methoxy groups -OCH3 is 1. The molecule has 1 N–H and O–H groups in total. The first-order chi connectivity index (χ1) is 20.5. The number of esters is 1. The van der Waals surface area contributed by atoms with Crippen molar-refractivity contribution in [3.8, 4) is 0 Å². The molecule has 2 aromatic rings. The van der Waals surface area contributed by atoms with Gasteiger partial charge in [-0.3, -0.25) is 19.2 Å². The molecule has 13 heteroatoms. The molecule has 1 saturated heterocycles. The van der Waals surface area contributed by atoms with Gasteiger partial charge in [0, 0.05) is 50.1 Å². The number of anilines is 1. The lowest BCUT2D eigenvalue weighted by Gasteiger charge is -2.29. The van der Waals surface area contributed by atoms with Gasteiger partial charge in [0.05, 0.1) is 30.0 Å². The summed E-state index contributed by atoms with van der Waals surface area (Å²) in [5.74, 6) is -1.28. The Morgan fingerprint density at radius 1 is 1.02 bits per heavy atom. The molecule has 1 aromatic heterocycles. The van der Waals surface area contributed by atoms with Gasteiger partial charge in [-0.1, -0.05) is 13.8 Å². The van der Waals surface area contributed by atoms with Crippen LogP contribution in [0, 0.1) is 5.92 Å². The Hall–Kier alpha value is -3.29. The minimum Gasteiger partial charge on any atom is -0.469 e. The third-order valence-electron chi connectivity index (χ3n) is 7.96. The molecular weight excluding hydrogens is 592 g/mol. The van der Waals surface area contributed by atoms with Crippen molar-refractivity contribution in [1.29, 1.82) is 0 Å². The zero-order chi connectivity index (χ0) is 31.3. The van der Waals surface area contributed by atoms with Crippen LogP contribution in [0.1, 0.15) is 77.6 Å². The van der Waals surface area contributed by atoms with Crippen LogP contribution in [0.4, 0.5) is 5.00 Å². The van der Waals surface area contributed by atoms with Crippen molar-refractivity contribution in [1.82, 2.24) is 14.1 Å². The number of thiophene rings is 1. The van der Waals surface area contributed by atoms with Gasteiger partial charge >= 0.3 is 5.97 Å². The molecule has 43 heavy (non-hydrogen) atoms. The molecule has 3 heterocycles. The fourth-order valence-electron chi connectivity index (χ4n) is 5.60. The molecule has 0 saturated carbocycles. The highest BCUT2D eigenvalue weighted by Crippen LogP contribution is 2.38. The summed E-state index contributed by atoms with van der Waals surface area (Å²) in [5, 5.41) is 3.35. The van der Waals surface area contributed by atoms with Gasteiger partial charge < -0.3 is 19.9 Å². The van der Waals surface area contributed by atoms with Crippen molar-refractivity contribution in [2.75, 3.05) is 45.2 Å². The molecule has 1 aromatic carbocycles. The van der Waals surface area contributed by atoms with Gasteiger partial charge in [0.1, 0.15) is 5.00 Å². The highest BCUT2D eigenvalue weighted by Gasteiger charge is 2.34. The highest BCUT2D eigenvalue weighted by molar-refractivity contribution is 7.89. The first-order valence-electron chi connectivity index (χ1n) is 14.7. The van der Waals surface area contributed by atoms with Gasteiger partial charge in [0.15, 0.2) is 0 Å². The third-order valence-corrected chi connectivity index (χ3v) is 11.0. The summed E-state index contributed by atoms with van der Waals surface area (Å²) in [6, 6.07) is 5.71. The Bertz CT molecular complexity index is 1460. The van der Waals surface area contributed by atoms with E-state index in [4.69, 9.17) is 4.74 Å². The Morgan fingerprint density at radius 2 is 1.65 bits per heavy atom. The van der Waals surface area contributed by atoms with E-state index in [0.717, 1.165) is 23.3 Å². The second-order valence-corrected chi connectivity index (χ2v) is 13.9. The van der Waals surface area contributed by atoms with Crippen molar-refractivity contribution in [2.45, 2.75) is 64.3 Å². The molecule has 0 radical (unpaired) electrons. The van der Waals surface area contributed by atoms with E-state index in [-0.39, 0.29) is 47.3 Å². The molecule has 2 aliphatic rings. The minimum atomic E-state index is -3.80. The number of nitrogens with one attached hydrogen (secondary N) is 1. The maximum atomic E-state index is 13.8. The Labute approximate surface area is 257 Å². The van der Waals surface area contributed by atoms with Crippen LogP contribution in [0.15, 0.2) is 29.2 Å². The summed E-state index contributed by atoms with van der Waals surface area (Å²) in [5.41, 5.74) is 1.60. The van der Waals surface area contributed by atoms with Crippen LogP contribution < -0.4 is 5.32 Å². The number of hydrogen-bond donors (Lipinski definition) is 1. The molecule has 4 rings (SSSR count). The maximum absolute atomic E-state index is 13.8. The van der Waals surface area contributed by atoms with Crippen molar-refractivity contribution in [3.63, 3.8) is 0 Å². The summed E-state index contributed by atoms with van der Waals surface area (Å²) in [7, 11) is -2.48. The lowest BCUT2D eigenvalue weighted by atomic mass is 9.99. The summed E-state index contributed by atoms with van der Waals surface area (Å²) < 4.78 is 32.6. The second-order valence-electron chi connectivity index (χ2n) is 10.9. The fraction of sp³-hybridized carbons (Fsp3) is 0.533. The van der Waals surface area contributed by atoms with E-state index >= 15 is 0 Å². The molecule has 0 spiro atoms. The maximum Gasteiger partial charge on any atom is 0.308 e. The molecule has 234 valence electrons. The number of amides is 3. The quantitative estimate of drug-likeness (QED) is 0.395. The molecule has 11 nitrogen and oxygen atoms in total. The van der Waals surface area contributed by atoms with Crippen LogP contribution in [0.2, 0.25) is 0 Å². The van der Waals surface area contributed by atoms with E-state index in [9.17, 15) is 27.6 Å². The minimum absolute atomic E-state index is 0.0426. The predicted molar refractivity (Wildman–Crippen MR) is 163 cm³/mol. The fourth-order valence-corrected chi connectivity index (χ4v) is 8.32. The number of nitrogens with zero attached hydrogens (tertiary/aromatic N) is 3. The van der Waals surface area contributed by atoms with E-state index in [1.165, 1.54) is 53.9 Å². The van der Waals surface area contributed by atoms with E-state index in [0.29, 0.717) is 56.0 Å². The SMILES string of the molecule is CCCN(CCC)C(=O)c1c(NC(=O)c2ccc(S(=O)(=O)N3CCC(C(=O)OC)CC3)cc2)sc2c1CCN(C(C)=O)C2. The molecule has 1 fully saturated rings. The Kier molecular flexibility index (Phi) is 10.6. The zero-order valence-electron chi connectivity index (χ0n) is 25.2. The zero-order valence-corrected chi connectivity index (χ0v) is 26.8. The molecule has 0 bridgehead atoms. The normalized spacial score (nSPS) is 16.0. The van der Waals surface area contributed by atoms with Gasteiger partial charge in [-0.2, -0.15) is 4.31 Å². The van der Waals surface area contributed by atoms with E-state index in [1.807, 2.05) is 18.7 Å². The first kappa shape index (κ1) is 32.6. The lowest BCUT2D eigenvalue weighted by molar-refractivity contribution is -0.146. The largest absolute Gasteiger partial charge is 0.469 e. The summed E-state index contributed by atoms with van der Waals surface area (Å²) in [4.78, 5) is 55.5. The van der Waals surface area contributed by atoms with Gasteiger partial charge in [-0.25, -0.2) is 8.42 Å². The molecule has 3 amide bonds. The number of piperidine rings is 1. The summed E-state index contributed by atoms with van der Waals surface area (Å²) in [6.07, 6.45) is 2.90. The number of ether oxygens (including phenoxy) is 1. The van der Waals surface area contributed by atoms with E-state index < -0.39 is 15.9 Å². The van der Waals surface area contributed by atoms with E-state index in [1.54, 1.807) is 4.90 Å². The summed E-state index contributed by atoms with van der Waals surface area (Å²) in [6.45, 7) is 8.05. The average Bonchev–Trinajstić information content (AvgIpc) is 3.37. The van der Waals surface area contributed by atoms with Crippen molar-refractivity contribution >= 4 is 50.1 Å². The van der Waals surface area contributed by atoms with Crippen LogP contribution in [-0.2, 0) is 37.3 Å². The average molecular weight is 633 g/mol. The van der Waals surface area contributed by atoms with Gasteiger partial charge in [-0.15, -0.1) is 11.3 Å². The highest BCUT2D eigenvalue weighted by atomic mass is 32.2. The number of benzene rings is 1. The van der Waals surface area contributed by atoms with Crippen LogP contribution in [0.5, 0.6) is 0 Å². The number of fused-ring (bicyclic) bond motifs is 1. The summed E-state index contributed by atoms with van der Waals surface area (Å²) >= 11 is 1.31. The standard InChI is InChI=1S/C30H40N4O7S2/c1-5-14-32(15-6-2)29(37)26-24-13-16-33(20(3)35)19-25(24)42-28(26)31-27(36)21-7-9-23(10-8-21)43(39,40)34-17-11-22(12-18-34)30(38)41-4/h7-10,22H,5-6,11-19H2,1-4H3,(H,31,36). The van der Waals surface area contributed by atoms with Crippen LogP contribution in [0.25, 0.3) is 0 Å². The van der Waals surface area contributed by atoms with Crippen LogP contribution in [0.3, 0.4) is 0 Å². The third kappa shape index (κ3) is 7.10. The predicted octanol–water partition coefficient (Wildman–Crippen LogP) is 3.74. The number of carbonyl (C=O) groups is 4. The van der Waals surface area contributed by atoms with Gasteiger partial charge in [0.25, 0.3) is 11.8 Å². The number of carbonyl (C=O) groups excluding carboxylic acids is 4. The Balaban J connectivity index is 1.55. The van der Waals surface area contributed by atoms with Crippen molar-refractivity contribution in [3.05, 3.63) is 45.8 Å². The van der Waals surface area contributed by atoms with Gasteiger partial charge in [0.2, 0.25) is 15.9 Å². The molecule has 0 aliphatic carbocycles. The van der Waals surface area contributed by atoms with E-state index in [2.05, 4.69) is 5.32 Å². The lowest BCUT2D eigenvalue weighted by Crippen LogP contribution is -2.40. The molecule has 2 aliphatic heterocycles. The van der Waals surface area contributed by atoms with Crippen molar-refractivity contribution in [2.24, 2.45) is 5.92 Å². The smallest absolute Gasteiger partial charge is 0.308 e. The van der Waals surface area contributed by atoms with Crippen LogP contribution >= 0.6 is 11.3 Å². The molecule has 0 unspecified atom stereocenters. The number of rotatable bonds is 10. The van der Waals surface area contributed by atoms with Crippen LogP contribution in [-0.4, -0.2) is 86.0 Å². The number of sulfonamides is 1. The number of hydrogen-bond acceptors (Lipinski definition) is 8. The Morgan fingerprint density at radius 3 is 2.21 bits per heavy atom. The van der Waals surface area contributed by atoms with Crippen molar-refractivity contribution < 1.29 is 32.3 Å².